The van der Waals surface area contributed by atoms with Gasteiger partial charge in [-0.2, -0.15) is 0 Å². The fourth-order valence-corrected chi connectivity index (χ4v) is 9.79. The van der Waals surface area contributed by atoms with E-state index in [1.165, 1.54) is 21.1 Å². The summed E-state index contributed by atoms with van der Waals surface area (Å²) in [4.78, 5) is 77.6. The van der Waals surface area contributed by atoms with Gasteiger partial charge in [-0.15, -0.1) is 0 Å². The molecule has 14 atom stereocenters. The zero-order chi connectivity index (χ0) is 51.6. The minimum Gasteiger partial charge on any atom is -0.469 e. The summed E-state index contributed by atoms with van der Waals surface area (Å²) in [6.45, 7) is 25.6. The lowest BCUT2D eigenvalue weighted by molar-refractivity contribution is -0.347. The summed E-state index contributed by atoms with van der Waals surface area (Å²) in [5.74, 6) is -5.76. The Morgan fingerprint density at radius 3 is 1.79 bits per heavy atom. The highest BCUT2D eigenvalue weighted by atomic mass is 16.7. The van der Waals surface area contributed by atoms with Gasteiger partial charge in [-0.3, -0.25) is 24.0 Å². The lowest BCUT2D eigenvalue weighted by Gasteiger charge is -2.52. The van der Waals surface area contributed by atoms with Crippen molar-refractivity contribution in [2.75, 3.05) is 14.2 Å². The quantitative estimate of drug-likeness (QED) is 0.0372. The van der Waals surface area contributed by atoms with Crippen molar-refractivity contribution in [3.8, 4) is 0 Å². The Morgan fingerprint density at radius 1 is 0.706 bits per heavy atom. The number of carbonyl (C=O) groups is 6. The van der Waals surface area contributed by atoms with Crippen molar-refractivity contribution in [2.24, 2.45) is 47.3 Å². The number of hydrogen-bond donors (Lipinski definition) is 1. The van der Waals surface area contributed by atoms with Crippen LogP contribution in [0.25, 0.3) is 0 Å². The first-order chi connectivity index (χ1) is 31.7. The van der Waals surface area contributed by atoms with Crippen LogP contribution < -0.4 is 0 Å². The summed E-state index contributed by atoms with van der Waals surface area (Å²) in [5.41, 5.74) is 1.06. The van der Waals surface area contributed by atoms with Gasteiger partial charge in [-0.05, 0) is 87.0 Å². The van der Waals surface area contributed by atoms with E-state index in [1.54, 1.807) is 33.8 Å². The van der Waals surface area contributed by atoms with Gasteiger partial charge in [0, 0.05) is 62.9 Å². The molecular weight excluding hydrogens is 877 g/mol. The summed E-state index contributed by atoms with van der Waals surface area (Å²) < 4.78 is 48.5. The predicted molar refractivity (Wildman–Crippen MR) is 256 cm³/mol. The Kier molecular flexibility index (Phi) is 25.5. The molecule has 15 nitrogen and oxygen atoms in total. The third kappa shape index (κ3) is 19.9. The molecule has 0 aromatic carbocycles. The van der Waals surface area contributed by atoms with Crippen molar-refractivity contribution in [3.63, 3.8) is 0 Å². The number of esters is 6. The maximum atomic E-state index is 13.7. The molecule has 0 bridgehead atoms. The van der Waals surface area contributed by atoms with Crippen LogP contribution in [0.3, 0.4) is 0 Å². The first kappa shape index (κ1) is 60.3. The molecule has 2 saturated heterocycles. The van der Waals surface area contributed by atoms with E-state index in [4.69, 9.17) is 37.9 Å². The van der Waals surface area contributed by atoms with E-state index in [1.807, 2.05) is 54.5 Å². The predicted octanol–water partition coefficient (Wildman–Crippen LogP) is 9.19. The van der Waals surface area contributed by atoms with Crippen LogP contribution in [0.1, 0.15) is 168 Å². The zero-order valence-corrected chi connectivity index (χ0v) is 44.3. The van der Waals surface area contributed by atoms with Crippen LogP contribution >= 0.6 is 0 Å². The average molecular weight is 965 g/mol. The van der Waals surface area contributed by atoms with E-state index < -0.39 is 96.1 Å². The minimum atomic E-state index is -1.16. The number of aliphatic hydroxyl groups is 1. The lowest BCUT2D eigenvalue weighted by atomic mass is 9.78. The Balaban J connectivity index is 2.66. The lowest BCUT2D eigenvalue weighted by Crippen LogP contribution is -2.57. The number of rotatable bonds is 26. The average Bonchev–Trinajstić information content (AvgIpc) is 3.23. The molecule has 2 aliphatic heterocycles. The summed E-state index contributed by atoms with van der Waals surface area (Å²) in [6, 6.07) is 0. The summed E-state index contributed by atoms with van der Waals surface area (Å²) in [5, 5.41) is 11.7. The molecule has 2 heterocycles. The third-order valence-electron chi connectivity index (χ3n) is 13.0. The van der Waals surface area contributed by atoms with Gasteiger partial charge in [0.05, 0.1) is 26.4 Å². The number of ether oxygens (including phenoxy) is 8. The fraction of sp³-hybridized carbons (Fsp3) is 0.811. The molecule has 1 spiro atoms. The highest BCUT2D eigenvalue weighted by Crippen LogP contribution is 2.46. The second kappa shape index (κ2) is 28.7. The van der Waals surface area contributed by atoms with Crippen LogP contribution in [0.15, 0.2) is 23.3 Å². The van der Waals surface area contributed by atoms with Crippen molar-refractivity contribution in [1.29, 1.82) is 0 Å². The Morgan fingerprint density at radius 2 is 1.26 bits per heavy atom. The van der Waals surface area contributed by atoms with Gasteiger partial charge in [-0.1, -0.05) is 88.3 Å². The fourth-order valence-electron chi connectivity index (χ4n) is 9.79. The Bertz CT molecular complexity index is 1700. The molecule has 15 heteroatoms. The topological polar surface area (TPSA) is 196 Å². The van der Waals surface area contributed by atoms with Crippen LogP contribution in [0.5, 0.6) is 0 Å². The molecule has 2 fully saturated rings. The largest absolute Gasteiger partial charge is 0.469 e. The van der Waals surface area contributed by atoms with Gasteiger partial charge in [-0.25, -0.2) is 4.79 Å². The zero-order valence-electron chi connectivity index (χ0n) is 44.3. The number of hydrogen-bond acceptors (Lipinski definition) is 15. The van der Waals surface area contributed by atoms with Crippen LogP contribution in [0.2, 0.25) is 0 Å². The van der Waals surface area contributed by atoms with Crippen LogP contribution in [-0.2, 0) is 66.7 Å². The molecule has 0 aromatic rings. The molecule has 0 aromatic heterocycles. The smallest absolute Gasteiger partial charge is 0.333 e. The van der Waals surface area contributed by atoms with Gasteiger partial charge in [0.25, 0.3) is 0 Å². The molecule has 2 aliphatic rings. The number of methoxy groups -OCH3 is 2. The molecule has 390 valence electrons. The highest BCUT2D eigenvalue weighted by Gasteiger charge is 2.52. The van der Waals surface area contributed by atoms with E-state index in [0.29, 0.717) is 38.5 Å². The van der Waals surface area contributed by atoms with Gasteiger partial charge in [0.1, 0.15) is 30.5 Å². The summed E-state index contributed by atoms with van der Waals surface area (Å²) in [6.07, 6.45) is 1.66. The molecular formula is C53H88O15. The molecule has 0 aliphatic carbocycles. The van der Waals surface area contributed by atoms with Crippen LogP contribution in [0.4, 0.5) is 0 Å². The monoisotopic (exact) mass is 965 g/mol. The van der Waals surface area contributed by atoms with E-state index in [-0.39, 0.29) is 66.8 Å². The second-order valence-electron chi connectivity index (χ2n) is 21.0. The van der Waals surface area contributed by atoms with Gasteiger partial charge >= 0.3 is 35.8 Å². The van der Waals surface area contributed by atoms with Crippen molar-refractivity contribution >= 4 is 35.8 Å². The molecule has 0 saturated carbocycles. The minimum absolute atomic E-state index is 0.00585. The Hall–Kier alpha value is -3.82. The first-order valence-electron chi connectivity index (χ1n) is 25.0. The molecule has 68 heavy (non-hydrogen) atoms. The third-order valence-corrected chi connectivity index (χ3v) is 13.0. The van der Waals surface area contributed by atoms with Crippen molar-refractivity contribution < 1.29 is 71.8 Å². The molecule has 1 N–H and O–H groups in total. The van der Waals surface area contributed by atoms with Crippen LogP contribution in [0, 0.1) is 47.3 Å². The van der Waals surface area contributed by atoms with Gasteiger partial charge in [0.15, 0.2) is 5.79 Å². The maximum absolute atomic E-state index is 13.7. The van der Waals surface area contributed by atoms with Crippen molar-refractivity contribution in [3.05, 3.63) is 23.3 Å². The Labute approximate surface area is 407 Å². The summed E-state index contributed by atoms with van der Waals surface area (Å²) >= 11 is 0. The van der Waals surface area contributed by atoms with E-state index in [0.717, 1.165) is 12.0 Å². The number of aliphatic hydroxyl groups excluding tert-OH is 1. The van der Waals surface area contributed by atoms with Crippen molar-refractivity contribution in [2.45, 2.75) is 216 Å². The standard InChI is InChI=1S/C53H88O15/c1-17-44(55)65-49(36(10)26-38(12)52(60)62-16)39(13)51(63-40(14)54)42(64-46(57)21-30(2)3)27-37(11)50(66-47(58)22-31(4)5)43-24-34(8)29-53(68-43)28-33(7)23-41(67-53)48(59)35(9)20-18-19-32(6)25-45(56)61-15/h20,26,30-34,36-37,39,41-43,48-51,59H,17-19,21-25,27-29H2,1-16H3/b35-20+,38-26+/t32-,33+,34-,36+,37-,39-,41+,42-,43-,48+,49+,50-,51-,53-/m0/s1. The van der Waals surface area contributed by atoms with E-state index >= 15 is 0 Å². The van der Waals surface area contributed by atoms with E-state index in [9.17, 15) is 33.9 Å². The maximum Gasteiger partial charge on any atom is 0.333 e. The SMILES string of the molecule is CCC(=O)O[C@@H]([C@H](C)[C@H](OC(C)=O)[C@H](C[C@H](C)[C@H](OC(=O)CC(C)C)[C@@H]1C[C@H](C)C[C@]2(C[C@H](C)C[C@H]([C@H](O)/C(C)=C/CC[C@H](C)CC(=O)OC)O2)O1)OC(=O)CC(C)C)[C@H](C)/C=C(\C)C(=O)OC. The molecule has 0 unspecified atom stereocenters. The first-order valence-corrected chi connectivity index (χ1v) is 25.0. The second-order valence-corrected chi connectivity index (χ2v) is 21.0. The van der Waals surface area contributed by atoms with Gasteiger partial charge in [0.2, 0.25) is 0 Å². The van der Waals surface area contributed by atoms with Crippen molar-refractivity contribution in [1.82, 2.24) is 0 Å². The van der Waals surface area contributed by atoms with E-state index in [2.05, 4.69) is 13.8 Å². The normalized spacial score (nSPS) is 25.2. The van der Waals surface area contributed by atoms with Crippen LogP contribution in [-0.4, -0.2) is 104 Å². The molecule has 0 radical (unpaired) electrons. The number of carbonyl (C=O) groups excluding carboxylic acids is 6. The molecule has 2 rings (SSSR count). The highest BCUT2D eigenvalue weighted by molar-refractivity contribution is 5.87. The summed E-state index contributed by atoms with van der Waals surface area (Å²) in [7, 11) is 2.65. The molecule has 0 amide bonds. The van der Waals surface area contributed by atoms with Gasteiger partial charge < -0.3 is 43.0 Å². The number of allylic oxidation sites excluding steroid dienone is 1.